The number of carbonyl (C=O) groups excluding carboxylic acids is 2. The Hall–Kier alpha value is -2.13. The second-order valence-electron chi connectivity index (χ2n) is 2.27. The molecule has 0 aromatic heterocycles. The number of rotatable bonds is 1. The van der Waals surface area contributed by atoms with Gasteiger partial charge in [-0.3, -0.25) is 0 Å². The van der Waals surface area contributed by atoms with Crippen molar-refractivity contribution in [3.63, 3.8) is 0 Å². The average molecular weight is 208 g/mol. The van der Waals surface area contributed by atoms with Gasteiger partial charge in [0.1, 0.15) is 5.75 Å². The molecule has 0 unspecified atom stereocenters. The number of aliphatic imine (C=N–C) groups is 1. The van der Waals surface area contributed by atoms with E-state index in [0.29, 0.717) is 5.75 Å². The fraction of sp³-hybridized carbons (Fsp3) is 0.200. The third-order valence-electron chi connectivity index (χ3n) is 1.25. The second-order valence-corrected chi connectivity index (χ2v) is 2.27. The van der Waals surface area contributed by atoms with Crippen LogP contribution >= 0.6 is 0 Å². The highest BCUT2D eigenvalue weighted by atomic mass is 16.5. The molecule has 1 rings (SSSR count). The highest BCUT2D eigenvalue weighted by Crippen LogP contribution is 2.07. The quantitative estimate of drug-likeness (QED) is 0.559. The van der Waals surface area contributed by atoms with E-state index >= 15 is 0 Å². The number of amides is 1. The second kappa shape index (κ2) is 8.47. The number of nitrogens with one attached hydrogen (secondary N) is 1. The maximum atomic E-state index is 10.6. The van der Waals surface area contributed by atoms with E-state index in [4.69, 9.17) is 9.53 Å². The number of ether oxygens (including phenoxy) is 1. The van der Waals surface area contributed by atoms with Crippen LogP contribution in [0.15, 0.2) is 35.3 Å². The van der Waals surface area contributed by atoms with E-state index in [9.17, 15) is 4.79 Å². The van der Waals surface area contributed by atoms with Crippen molar-refractivity contribution in [2.24, 2.45) is 4.99 Å². The minimum atomic E-state index is -0.448. The van der Waals surface area contributed by atoms with Gasteiger partial charge >= 0.3 is 6.09 Å². The Morgan fingerprint density at radius 2 is 1.93 bits per heavy atom. The molecule has 1 N–H and O–H groups in total. The molecule has 1 amide bonds. The van der Waals surface area contributed by atoms with Crippen LogP contribution in [0.3, 0.4) is 0 Å². The first-order chi connectivity index (χ1) is 7.24. The zero-order valence-corrected chi connectivity index (χ0v) is 8.56. The average Bonchev–Trinajstić information content (AvgIpc) is 2.30. The lowest BCUT2D eigenvalue weighted by atomic mass is 10.3. The molecule has 0 aliphatic rings. The van der Waals surface area contributed by atoms with E-state index in [1.54, 1.807) is 24.3 Å². The molecule has 15 heavy (non-hydrogen) atoms. The van der Waals surface area contributed by atoms with Crippen molar-refractivity contribution in [2.75, 3.05) is 14.1 Å². The van der Waals surface area contributed by atoms with Gasteiger partial charge in [0.25, 0.3) is 0 Å². The van der Waals surface area contributed by atoms with Crippen molar-refractivity contribution in [3.8, 4) is 5.75 Å². The number of hydrogen-bond donors (Lipinski definition) is 1. The lowest BCUT2D eigenvalue weighted by molar-refractivity contribution is 0.203. The lowest BCUT2D eigenvalue weighted by Crippen LogP contribution is -2.21. The van der Waals surface area contributed by atoms with Crippen LogP contribution in [0.5, 0.6) is 5.75 Å². The topological polar surface area (TPSA) is 67.8 Å². The molecule has 5 heteroatoms. The summed E-state index contributed by atoms with van der Waals surface area (Å²) in [6.45, 7) is 0. The van der Waals surface area contributed by atoms with Crippen LogP contribution in [0.1, 0.15) is 0 Å². The van der Waals surface area contributed by atoms with Gasteiger partial charge in [0.2, 0.25) is 6.08 Å². The summed E-state index contributed by atoms with van der Waals surface area (Å²) < 4.78 is 4.81. The third kappa shape index (κ3) is 6.98. The van der Waals surface area contributed by atoms with E-state index in [0.717, 1.165) is 0 Å². The van der Waals surface area contributed by atoms with Crippen molar-refractivity contribution in [2.45, 2.75) is 0 Å². The smallest absolute Gasteiger partial charge is 0.410 e. The van der Waals surface area contributed by atoms with Crippen LogP contribution in [0.4, 0.5) is 4.79 Å². The highest BCUT2D eigenvalue weighted by Gasteiger charge is 1.97. The number of hydrogen-bond acceptors (Lipinski definition) is 4. The van der Waals surface area contributed by atoms with Gasteiger partial charge in [-0.2, -0.15) is 0 Å². The zero-order chi connectivity index (χ0) is 11.5. The van der Waals surface area contributed by atoms with Crippen LogP contribution in [-0.4, -0.2) is 26.3 Å². The van der Waals surface area contributed by atoms with E-state index in [-0.39, 0.29) is 0 Å². The van der Waals surface area contributed by atoms with Gasteiger partial charge in [-0.25, -0.2) is 14.6 Å². The standard InChI is InChI=1S/C8H9NO2.C2H3NO/c1-9-8(10)11-7-5-3-2-4-6-7;1-3-2-4/h2-6H,1H3,(H,9,10);1H3. The molecule has 0 spiro atoms. The van der Waals surface area contributed by atoms with Crippen LogP contribution in [-0.2, 0) is 4.79 Å². The monoisotopic (exact) mass is 208 g/mol. The summed E-state index contributed by atoms with van der Waals surface area (Å²) in [6, 6.07) is 8.90. The third-order valence-corrected chi connectivity index (χ3v) is 1.25. The Bertz CT molecular complexity index is 332. The van der Waals surface area contributed by atoms with Gasteiger partial charge < -0.3 is 10.1 Å². The minimum absolute atomic E-state index is 0.448. The molecule has 80 valence electrons. The largest absolute Gasteiger partial charge is 0.412 e. The molecule has 0 saturated carbocycles. The van der Waals surface area contributed by atoms with Gasteiger partial charge in [0, 0.05) is 14.1 Å². The summed E-state index contributed by atoms with van der Waals surface area (Å²) >= 11 is 0. The first-order valence-corrected chi connectivity index (χ1v) is 4.15. The van der Waals surface area contributed by atoms with Crippen molar-refractivity contribution >= 4 is 12.2 Å². The van der Waals surface area contributed by atoms with Gasteiger partial charge in [-0.1, -0.05) is 18.2 Å². The predicted molar refractivity (Wildman–Crippen MR) is 55.6 cm³/mol. The first-order valence-electron chi connectivity index (χ1n) is 4.15. The first kappa shape index (κ1) is 12.9. The van der Waals surface area contributed by atoms with Crippen molar-refractivity contribution in [3.05, 3.63) is 30.3 Å². The summed E-state index contributed by atoms with van der Waals surface area (Å²) in [4.78, 5) is 22.5. The molecule has 0 atom stereocenters. The maximum Gasteiger partial charge on any atom is 0.412 e. The number of para-hydroxylation sites is 1. The molecule has 0 fully saturated rings. The highest BCUT2D eigenvalue weighted by molar-refractivity contribution is 5.69. The SMILES string of the molecule is CN=C=O.CNC(=O)Oc1ccccc1. The van der Waals surface area contributed by atoms with Crippen LogP contribution in [0, 0.1) is 0 Å². The Kier molecular flexibility index (Phi) is 7.27. The molecule has 0 aliphatic carbocycles. The molecular weight excluding hydrogens is 196 g/mol. The minimum Gasteiger partial charge on any atom is -0.410 e. The van der Waals surface area contributed by atoms with Crippen molar-refractivity contribution in [1.82, 2.24) is 5.32 Å². The summed E-state index contributed by atoms with van der Waals surface area (Å²) in [6.07, 6.45) is 0.858. The number of isocyanates is 1. The fourth-order valence-electron chi connectivity index (χ4n) is 0.647. The number of benzene rings is 1. The van der Waals surface area contributed by atoms with Gasteiger partial charge in [-0.15, -0.1) is 0 Å². The normalized spacial score (nSPS) is 7.60. The van der Waals surface area contributed by atoms with E-state index in [2.05, 4.69) is 10.3 Å². The number of nitrogens with zero attached hydrogens (tertiary/aromatic N) is 1. The molecule has 0 radical (unpaired) electrons. The zero-order valence-electron chi connectivity index (χ0n) is 8.56. The van der Waals surface area contributed by atoms with Crippen LogP contribution in [0.25, 0.3) is 0 Å². The van der Waals surface area contributed by atoms with Crippen molar-refractivity contribution < 1.29 is 14.3 Å². The summed E-state index contributed by atoms with van der Waals surface area (Å²) in [7, 11) is 2.90. The Balaban J connectivity index is 0.000000423. The van der Waals surface area contributed by atoms with Crippen molar-refractivity contribution in [1.29, 1.82) is 0 Å². The Morgan fingerprint density at radius 1 is 1.40 bits per heavy atom. The number of carbonyl (C=O) groups is 1. The predicted octanol–water partition coefficient (Wildman–Crippen LogP) is 1.36. The van der Waals surface area contributed by atoms with Gasteiger partial charge in [0.05, 0.1) is 0 Å². The fourth-order valence-corrected chi connectivity index (χ4v) is 0.647. The molecule has 0 heterocycles. The Morgan fingerprint density at radius 3 is 2.33 bits per heavy atom. The van der Waals surface area contributed by atoms with E-state index in [1.165, 1.54) is 20.2 Å². The summed E-state index contributed by atoms with van der Waals surface area (Å²) in [5.74, 6) is 0.548. The summed E-state index contributed by atoms with van der Waals surface area (Å²) in [5.41, 5.74) is 0. The molecule has 1 aromatic rings. The van der Waals surface area contributed by atoms with Gasteiger partial charge in [0.15, 0.2) is 0 Å². The van der Waals surface area contributed by atoms with Crippen LogP contribution in [0.2, 0.25) is 0 Å². The molecule has 5 nitrogen and oxygen atoms in total. The molecule has 0 saturated heterocycles. The maximum absolute atomic E-state index is 10.6. The summed E-state index contributed by atoms with van der Waals surface area (Å²) in [5, 5.41) is 2.35. The Labute approximate surface area is 87.8 Å². The molecule has 0 bridgehead atoms. The van der Waals surface area contributed by atoms with E-state index < -0.39 is 6.09 Å². The lowest BCUT2D eigenvalue weighted by Gasteiger charge is -2.00. The molecule has 1 aromatic carbocycles. The molecule has 0 aliphatic heterocycles. The van der Waals surface area contributed by atoms with Gasteiger partial charge in [-0.05, 0) is 12.1 Å². The van der Waals surface area contributed by atoms with E-state index in [1.807, 2.05) is 6.07 Å². The molecular formula is C10H12N2O3. The van der Waals surface area contributed by atoms with Crippen LogP contribution < -0.4 is 10.1 Å².